The van der Waals surface area contributed by atoms with Gasteiger partial charge in [0.05, 0.1) is 6.61 Å². The van der Waals surface area contributed by atoms with Crippen molar-refractivity contribution in [3.8, 4) is 11.5 Å². The summed E-state index contributed by atoms with van der Waals surface area (Å²) in [5, 5.41) is 0. The molecule has 2 rings (SSSR count). The number of allylic oxidation sites excluding steroid dienone is 2. The molecule has 3 atom stereocenters. The summed E-state index contributed by atoms with van der Waals surface area (Å²) >= 11 is 0. The van der Waals surface area contributed by atoms with E-state index in [-0.39, 0.29) is 23.7 Å². The molecule has 6 heteroatoms. The fourth-order valence-electron chi connectivity index (χ4n) is 4.57. The Hall–Kier alpha value is -2.63. The molecule has 0 aromatic heterocycles. The Labute approximate surface area is 191 Å². The number of aryl methyl sites for hydroxylation is 1. The molecule has 0 saturated carbocycles. The molecule has 0 aliphatic heterocycles. The second kappa shape index (κ2) is 11.3. The zero-order valence-corrected chi connectivity index (χ0v) is 20.4. The summed E-state index contributed by atoms with van der Waals surface area (Å²) in [4.78, 5) is 35.2. The van der Waals surface area contributed by atoms with Gasteiger partial charge in [0.15, 0.2) is 11.5 Å². The van der Waals surface area contributed by atoms with Crippen molar-refractivity contribution in [2.45, 2.75) is 86.0 Å². The van der Waals surface area contributed by atoms with E-state index in [0.717, 1.165) is 42.4 Å². The maximum Gasteiger partial charge on any atom is 0.308 e. The van der Waals surface area contributed by atoms with Gasteiger partial charge >= 0.3 is 17.9 Å². The maximum atomic E-state index is 11.9. The van der Waals surface area contributed by atoms with Crippen LogP contribution in [0.3, 0.4) is 0 Å². The quantitative estimate of drug-likeness (QED) is 0.288. The number of carbonyl (C=O) groups is 3. The molecule has 32 heavy (non-hydrogen) atoms. The van der Waals surface area contributed by atoms with E-state index in [1.807, 2.05) is 13.0 Å². The molecule has 1 aromatic carbocycles. The molecule has 0 fully saturated rings. The van der Waals surface area contributed by atoms with Gasteiger partial charge in [0.25, 0.3) is 0 Å². The molecule has 0 radical (unpaired) electrons. The van der Waals surface area contributed by atoms with Crippen molar-refractivity contribution in [2.75, 3.05) is 6.61 Å². The molecule has 1 aliphatic rings. The minimum Gasteiger partial charge on any atom is -0.466 e. The predicted octanol–water partition coefficient (Wildman–Crippen LogP) is 5.75. The van der Waals surface area contributed by atoms with Gasteiger partial charge in [0, 0.05) is 32.3 Å². The number of fused-ring (bicyclic) bond motifs is 1. The van der Waals surface area contributed by atoms with Gasteiger partial charge in [0.1, 0.15) is 0 Å². The van der Waals surface area contributed by atoms with Crippen LogP contribution >= 0.6 is 0 Å². The first-order valence-corrected chi connectivity index (χ1v) is 11.3. The van der Waals surface area contributed by atoms with E-state index < -0.39 is 11.9 Å². The van der Waals surface area contributed by atoms with Crippen LogP contribution in [0.1, 0.15) is 95.8 Å². The number of hydrogen-bond donors (Lipinski definition) is 0. The van der Waals surface area contributed by atoms with Crippen LogP contribution in [0, 0.1) is 12.8 Å². The van der Waals surface area contributed by atoms with Gasteiger partial charge in [-0.3, -0.25) is 14.4 Å². The summed E-state index contributed by atoms with van der Waals surface area (Å²) in [6.45, 7) is 12.6. The van der Waals surface area contributed by atoms with Crippen molar-refractivity contribution < 1.29 is 28.6 Å². The lowest BCUT2D eigenvalue weighted by Crippen LogP contribution is -2.26. The number of carbonyl (C=O) groups excluding carboxylic acids is 3. The van der Waals surface area contributed by atoms with Crippen LogP contribution in [0.15, 0.2) is 17.7 Å². The van der Waals surface area contributed by atoms with E-state index in [9.17, 15) is 14.4 Å². The lowest BCUT2D eigenvalue weighted by Gasteiger charge is -2.36. The van der Waals surface area contributed by atoms with Gasteiger partial charge in [-0.05, 0) is 69.4 Å². The highest BCUT2D eigenvalue weighted by molar-refractivity contribution is 5.76. The zero-order valence-electron chi connectivity index (χ0n) is 20.4. The Balaban J connectivity index is 2.58. The molecule has 176 valence electrons. The third-order valence-corrected chi connectivity index (χ3v) is 5.95. The van der Waals surface area contributed by atoms with Gasteiger partial charge in [-0.15, -0.1) is 0 Å². The van der Waals surface area contributed by atoms with Crippen molar-refractivity contribution in [3.63, 3.8) is 0 Å². The lowest BCUT2D eigenvalue weighted by molar-refractivity contribution is -0.142. The predicted molar refractivity (Wildman–Crippen MR) is 123 cm³/mol. The highest BCUT2D eigenvalue weighted by Gasteiger charge is 2.36. The van der Waals surface area contributed by atoms with Crippen LogP contribution in [-0.2, 0) is 19.1 Å². The van der Waals surface area contributed by atoms with Gasteiger partial charge in [-0.25, -0.2) is 0 Å². The number of benzene rings is 1. The van der Waals surface area contributed by atoms with Gasteiger partial charge in [-0.1, -0.05) is 24.6 Å². The summed E-state index contributed by atoms with van der Waals surface area (Å²) in [6.07, 6.45) is 5.82. The number of hydrogen-bond acceptors (Lipinski definition) is 6. The zero-order chi connectivity index (χ0) is 24.0. The molecule has 0 amide bonds. The van der Waals surface area contributed by atoms with Crippen LogP contribution in [0.25, 0.3) is 0 Å². The van der Waals surface area contributed by atoms with E-state index in [1.165, 1.54) is 26.3 Å². The third kappa shape index (κ3) is 6.68. The molecule has 0 heterocycles. The summed E-state index contributed by atoms with van der Waals surface area (Å²) in [5.41, 5.74) is 3.99. The third-order valence-electron chi connectivity index (χ3n) is 5.95. The minimum absolute atomic E-state index is 0.130. The van der Waals surface area contributed by atoms with Crippen LogP contribution in [0.2, 0.25) is 0 Å². The first kappa shape index (κ1) is 25.6. The summed E-state index contributed by atoms with van der Waals surface area (Å²) in [5.74, 6) is -0.149. The molecule has 1 aliphatic carbocycles. The molecule has 6 nitrogen and oxygen atoms in total. The Morgan fingerprint density at radius 3 is 2.19 bits per heavy atom. The lowest BCUT2D eigenvalue weighted by atomic mass is 9.70. The minimum atomic E-state index is -0.462. The van der Waals surface area contributed by atoms with Crippen LogP contribution in [-0.4, -0.2) is 24.5 Å². The van der Waals surface area contributed by atoms with E-state index >= 15 is 0 Å². The highest BCUT2D eigenvalue weighted by atomic mass is 16.6. The van der Waals surface area contributed by atoms with Crippen molar-refractivity contribution in [2.24, 2.45) is 5.92 Å². The molecule has 0 bridgehead atoms. The topological polar surface area (TPSA) is 78.9 Å². The van der Waals surface area contributed by atoms with Crippen molar-refractivity contribution in [1.29, 1.82) is 0 Å². The van der Waals surface area contributed by atoms with E-state index in [2.05, 4.69) is 26.8 Å². The second-order valence-electron chi connectivity index (χ2n) is 9.05. The highest BCUT2D eigenvalue weighted by Crippen LogP contribution is 2.51. The Morgan fingerprint density at radius 1 is 1.00 bits per heavy atom. The monoisotopic (exact) mass is 444 g/mol. The smallest absolute Gasteiger partial charge is 0.308 e. The van der Waals surface area contributed by atoms with E-state index in [1.54, 1.807) is 0 Å². The van der Waals surface area contributed by atoms with Crippen molar-refractivity contribution in [1.82, 2.24) is 0 Å². The Bertz CT molecular complexity index is 894. The summed E-state index contributed by atoms with van der Waals surface area (Å²) < 4.78 is 16.5. The van der Waals surface area contributed by atoms with Gasteiger partial charge in [0.2, 0.25) is 0 Å². The summed E-state index contributed by atoms with van der Waals surface area (Å²) in [7, 11) is 0. The number of esters is 3. The van der Waals surface area contributed by atoms with E-state index in [4.69, 9.17) is 14.2 Å². The second-order valence-corrected chi connectivity index (χ2v) is 9.05. The standard InChI is InChI=1S/C26H36O6/c1-15(2)9-8-10-21(14-30-18(5)27)22-12-11-16(3)24-23(22)13-17(4)25(31-19(6)28)26(24)32-20(7)29/h9,13,16,21-22H,8,10-12,14H2,1-7H3/t16-,21-,22?/m1/s1. The first-order chi connectivity index (χ1) is 15.0. The Kier molecular flexibility index (Phi) is 9.05. The first-order valence-electron chi connectivity index (χ1n) is 11.3. The molecule has 0 N–H and O–H groups in total. The molecule has 0 spiro atoms. The van der Waals surface area contributed by atoms with Crippen molar-refractivity contribution >= 4 is 17.9 Å². The Morgan fingerprint density at radius 2 is 1.62 bits per heavy atom. The van der Waals surface area contributed by atoms with Crippen LogP contribution < -0.4 is 9.47 Å². The molecule has 1 unspecified atom stereocenters. The fourth-order valence-corrected chi connectivity index (χ4v) is 4.57. The SMILES string of the molecule is CC(=O)OC[C@@H](CCC=C(C)C)C1CC[C@@H](C)c2c1cc(C)c(OC(C)=O)c2OC(C)=O. The van der Waals surface area contributed by atoms with E-state index in [0.29, 0.717) is 18.1 Å². The average molecular weight is 445 g/mol. The normalized spacial score (nSPS) is 18.2. The summed E-state index contributed by atoms with van der Waals surface area (Å²) in [6, 6.07) is 2.04. The average Bonchev–Trinajstić information content (AvgIpc) is 2.66. The van der Waals surface area contributed by atoms with Gasteiger partial charge < -0.3 is 14.2 Å². The fraction of sp³-hybridized carbons (Fsp3) is 0.577. The molecule has 1 aromatic rings. The maximum absolute atomic E-state index is 11.9. The molecular formula is C26H36O6. The van der Waals surface area contributed by atoms with Crippen LogP contribution in [0.4, 0.5) is 0 Å². The largest absolute Gasteiger partial charge is 0.466 e. The van der Waals surface area contributed by atoms with Gasteiger partial charge in [-0.2, -0.15) is 0 Å². The van der Waals surface area contributed by atoms with Crippen LogP contribution in [0.5, 0.6) is 11.5 Å². The molecular weight excluding hydrogens is 408 g/mol. The number of ether oxygens (including phenoxy) is 3. The number of rotatable bonds is 8. The molecule has 0 saturated heterocycles. The van der Waals surface area contributed by atoms with Crippen molar-refractivity contribution in [3.05, 3.63) is 34.4 Å².